The molecule has 116 valence electrons. The molecule has 1 N–H and O–H groups in total. The molecule has 0 aromatic heterocycles. The number of hydrogen-bond acceptors (Lipinski definition) is 3. The molecule has 22 heavy (non-hydrogen) atoms. The van der Waals surface area contributed by atoms with Gasteiger partial charge in [-0.2, -0.15) is 0 Å². The second-order valence-corrected chi connectivity index (χ2v) is 7.23. The summed E-state index contributed by atoms with van der Waals surface area (Å²) < 4.78 is 6.62. The van der Waals surface area contributed by atoms with Crippen molar-refractivity contribution in [3.8, 4) is 5.75 Å². The minimum absolute atomic E-state index is 0.270. The van der Waals surface area contributed by atoms with Crippen LogP contribution in [0.1, 0.15) is 36.8 Å². The van der Waals surface area contributed by atoms with Gasteiger partial charge < -0.3 is 9.84 Å². The monoisotopic (exact) mass is 409 g/mol. The molecule has 0 fully saturated rings. The van der Waals surface area contributed by atoms with Gasteiger partial charge in [0.05, 0.1) is 7.11 Å². The van der Waals surface area contributed by atoms with E-state index in [1.165, 1.54) is 9.13 Å². The third kappa shape index (κ3) is 2.43. The average molecular weight is 409 g/mol. The molecule has 4 heteroatoms. The van der Waals surface area contributed by atoms with Gasteiger partial charge in [-0.15, -0.1) is 0 Å². The summed E-state index contributed by atoms with van der Waals surface area (Å²) in [6.07, 6.45) is -0.658. The van der Waals surface area contributed by atoms with Crippen LogP contribution in [0.3, 0.4) is 0 Å². The molecule has 0 saturated heterocycles. The maximum absolute atomic E-state index is 10.9. The SMILES string of the molecule is COc1ccc(I)c2c1C(O)N(C(C)(C)c1ccccc1)C2. The predicted molar refractivity (Wildman–Crippen MR) is 95.7 cm³/mol. The fraction of sp³-hybridized carbons (Fsp3) is 0.333. The van der Waals surface area contributed by atoms with Crippen LogP contribution >= 0.6 is 22.6 Å². The van der Waals surface area contributed by atoms with E-state index in [-0.39, 0.29) is 5.54 Å². The van der Waals surface area contributed by atoms with Crippen LogP contribution in [0.15, 0.2) is 42.5 Å². The zero-order valence-corrected chi connectivity index (χ0v) is 15.2. The third-order valence-corrected chi connectivity index (χ3v) is 5.57. The Morgan fingerprint density at radius 2 is 1.86 bits per heavy atom. The number of benzene rings is 2. The Bertz CT molecular complexity index is 685. The van der Waals surface area contributed by atoms with Gasteiger partial charge in [0.2, 0.25) is 0 Å². The van der Waals surface area contributed by atoms with Crippen LogP contribution in [0, 0.1) is 3.57 Å². The van der Waals surface area contributed by atoms with Gasteiger partial charge in [0, 0.05) is 21.2 Å². The second-order valence-electron chi connectivity index (χ2n) is 6.07. The average Bonchev–Trinajstić information content (AvgIpc) is 2.88. The fourth-order valence-electron chi connectivity index (χ4n) is 3.17. The van der Waals surface area contributed by atoms with Gasteiger partial charge in [-0.25, -0.2) is 0 Å². The molecular weight excluding hydrogens is 389 g/mol. The van der Waals surface area contributed by atoms with Crippen molar-refractivity contribution < 1.29 is 9.84 Å². The molecule has 0 amide bonds. The number of methoxy groups -OCH3 is 1. The Kier molecular flexibility index (Phi) is 4.18. The smallest absolute Gasteiger partial charge is 0.138 e. The van der Waals surface area contributed by atoms with E-state index in [0.29, 0.717) is 6.54 Å². The van der Waals surface area contributed by atoms with Gasteiger partial charge >= 0.3 is 0 Å². The lowest BCUT2D eigenvalue weighted by Gasteiger charge is -2.38. The Labute approximate surface area is 145 Å². The summed E-state index contributed by atoms with van der Waals surface area (Å²) in [6.45, 7) is 5.02. The number of aliphatic hydroxyl groups is 1. The molecular formula is C18H20INO2. The molecule has 0 bridgehead atoms. The van der Waals surface area contributed by atoms with Gasteiger partial charge in [-0.05, 0) is 59.7 Å². The van der Waals surface area contributed by atoms with Crippen LogP contribution in [0.5, 0.6) is 5.75 Å². The highest BCUT2D eigenvalue weighted by Crippen LogP contribution is 2.46. The zero-order valence-electron chi connectivity index (χ0n) is 13.0. The maximum Gasteiger partial charge on any atom is 0.138 e. The molecule has 0 aliphatic carbocycles. The normalized spacial score (nSPS) is 18.3. The highest BCUT2D eigenvalue weighted by atomic mass is 127. The van der Waals surface area contributed by atoms with Crippen molar-refractivity contribution in [3.05, 3.63) is 62.7 Å². The van der Waals surface area contributed by atoms with Crippen molar-refractivity contribution in [2.24, 2.45) is 0 Å². The molecule has 1 heterocycles. The van der Waals surface area contributed by atoms with E-state index in [2.05, 4.69) is 53.5 Å². The van der Waals surface area contributed by atoms with Gasteiger partial charge in [-0.1, -0.05) is 30.3 Å². The number of fused-ring (bicyclic) bond motifs is 1. The van der Waals surface area contributed by atoms with Crippen molar-refractivity contribution in [3.63, 3.8) is 0 Å². The summed E-state index contributed by atoms with van der Waals surface area (Å²) >= 11 is 2.33. The number of rotatable bonds is 3. The lowest BCUT2D eigenvalue weighted by molar-refractivity contribution is -0.0540. The summed E-state index contributed by atoms with van der Waals surface area (Å²) in [5, 5.41) is 10.9. The maximum atomic E-state index is 10.9. The summed E-state index contributed by atoms with van der Waals surface area (Å²) in [4.78, 5) is 2.12. The van der Waals surface area contributed by atoms with E-state index in [1.807, 2.05) is 30.3 Å². The molecule has 1 aliphatic rings. The summed E-state index contributed by atoms with van der Waals surface area (Å²) in [6, 6.07) is 14.3. The number of aliphatic hydroxyl groups excluding tert-OH is 1. The van der Waals surface area contributed by atoms with Crippen molar-refractivity contribution >= 4 is 22.6 Å². The van der Waals surface area contributed by atoms with Crippen LogP contribution in [-0.2, 0) is 12.1 Å². The molecule has 2 aromatic rings. The Hall–Kier alpha value is -1.11. The topological polar surface area (TPSA) is 32.7 Å². The number of nitrogens with zero attached hydrogens (tertiary/aromatic N) is 1. The predicted octanol–water partition coefficient (Wildman–Crippen LogP) is 4.04. The molecule has 2 aromatic carbocycles. The first-order chi connectivity index (χ1) is 10.5. The Balaban J connectivity index is 2.04. The van der Waals surface area contributed by atoms with Crippen LogP contribution in [-0.4, -0.2) is 17.1 Å². The van der Waals surface area contributed by atoms with E-state index in [0.717, 1.165) is 16.9 Å². The summed E-state index contributed by atoms with van der Waals surface area (Å²) in [5.41, 5.74) is 2.99. The first-order valence-electron chi connectivity index (χ1n) is 7.32. The van der Waals surface area contributed by atoms with Crippen LogP contribution < -0.4 is 4.74 Å². The molecule has 3 nitrogen and oxygen atoms in total. The second kappa shape index (κ2) is 5.83. The quantitative estimate of drug-likeness (QED) is 0.777. The van der Waals surface area contributed by atoms with Gasteiger partial charge in [-0.3, -0.25) is 4.90 Å². The van der Waals surface area contributed by atoms with Crippen LogP contribution in [0.4, 0.5) is 0 Å². The first kappa shape index (κ1) is 15.8. The van der Waals surface area contributed by atoms with Crippen molar-refractivity contribution in [2.75, 3.05) is 7.11 Å². The van der Waals surface area contributed by atoms with E-state index >= 15 is 0 Å². The van der Waals surface area contributed by atoms with E-state index in [9.17, 15) is 5.11 Å². The highest BCUT2D eigenvalue weighted by molar-refractivity contribution is 14.1. The number of halogens is 1. The molecule has 0 saturated carbocycles. The minimum atomic E-state index is -0.658. The molecule has 0 radical (unpaired) electrons. The van der Waals surface area contributed by atoms with E-state index in [4.69, 9.17) is 4.74 Å². The number of ether oxygens (including phenoxy) is 1. The van der Waals surface area contributed by atoms with Gasteiger partial charge in [0.1, 0.15) is 12.0 Å². The molecule has 1 atom stereocenters. The standard InChI is InChI=1S/C18H20INO2/c1-18(2,12-7-5-4-6-8-12)20-11-13-14(19)9-10-15(22-3)16(13)17(20)21/h4-10,17,21H,11H2,1-3H3. The number of hydrogen-bond donors (Lipinski definition) is 1. The van der Waals surface area contributed by atoms with Crippen molar-refractivity contribution in [1.29, 1.82) is 0 Å². The lowest BCUT2D eigenvalue weighted by Crippen LogP contribution is -2.40. The van der Waals surface area contributed by atoms with Crippen LogP contribution in [0.25, 0.3) is 0 Å². The van der Waals surface area contributed by atoms with Gasteiger partial charge in [0.15, 0.2) is 0 Å². The summed E-state index contributed by atoms with van der Waals surface area (Å²) in [7, 11) is 1.65. The lowest BCUT2D eigenvalue weighted by atomic mass is 9.92. The molecule has 0 spiro atoms. The molecule has 1 unspecified atom stereocenters. The fourth-order valence-corrected chi connectivity index (χ4v) is 3.81. The molecule has 3 rings (SSSR count). The first-order valence-corrected chi connectivity index (χ1v) is 8.40. The summed E-state index contributed by atoms with van der Waals surface area (Å²) in [5.74, 6) is 0.759. The Morgan fingerprint density at radius 3 is 2.50 bits per heavy atom. The van der Waals surface area contributed by atoms with Gasteiger partial charge in [0.25, 0.3) is 0 Å². The van der Waals surface area contributed by atoms with E-state index in [1.54, 1.807) is 7.11 Å². The Morgan fingerprint density at radius 1 is 1.18 bits per heavy atom. The van der Waals surface area contributed by atoms with Crippen molar-refractivity contribution in [2.45, 2.75) is 32.2 Å². The van der Waals surface area contributed by atoms with Crippen molar-refractivity contribution in [1.82, 2.24) is 4.90 Å². The zero-order chi connectivity index (χ0) is 15.9. The highest BCUT2D eigenvalue weighted by Gasteiger charge is 2.41. The molecule has 1 aliphatic heterocycles. The minimum Gasteiger partial charge on any atom is -0.496 e. The van der Waals surface area contributed by atoms with E-state index < -0.39 is 6.23 Å². The van der Waals surface area contributed by atoms with Crippen LogP contribution in [0.2, 0.25) is 0 Å². The third-order valence-electron chi connectivity index (χ3n) is 4.56. The largest absolute Gasteiger partial charge is 0.496 e.